The molecule has 5 nitrogen and oxygen atoms in total. The second-order valence-corrected chi connectivity index (χ2v) is 3.51. The highest BCUT2D eigenvalue weighted by molar-refractivity contribution is 5.92. The molecule has 0 radical (unpaired) electrons. The Morgan fingerprint density at radius 3 is 2.69 bits per heavy atom. The third-order valence-electron chi connectivity index (χ3n) is 2.23. The number of aromatic hydroxyl groups is 1. The molecule has 1 aromatic rings. The van der Waals surface area contributed by atoms with E-state index in [9.17, 15) is 9.90 Å². The van der Waals surface area contributed by atoms with Gasteiger partial charge in [0.2, 0.25) is 5.91 Å². The molecule has 1 heterocycles. The molecule has 6 heteroatoms. The zero-order valence-corrected chi connectivity index (χ0v) is 9.99. The van der Waals surface area contributed by atoms with Crippen LogP contribution in [0.15, 0.2) is 18.3 Å². The molecule has 0 aliphatic rings. The van der Waals surface area contributed by atoms with Crippen LogP contribution in [0.3, 0.4) is 0 Å². The number of carbonyl (C=O) groups is 1. The van der Waals surface area contributed by atoms with Gasteiger partial charge in [-0.05, 0) is 19.1 Å². The fourth-order valence-electron chi connectivity index (χ4n) is 0.962. The topological polar surface area (TPSA) is 88.2 Å². The van der Waals surface area contributed by atoms with E-state index in [2.05, 4.69) is 10.3 Å². The Morgan fingerprint density at radius 2 is 2.19 bits per heavy atom. The van der Waals surface area contributed by atoms with Crippen molar-refractivity contribution >= 4 is 24.1 Å². The summed E-state index contributed by atoms with van der Waals surface area (Å²) in [6.45, 7) is 3.47. The molecule has 0 fully saturated rings. The molecule has 0 aliphatic carbocycles. The second kappa shape index (κ2) is 6.30. The summed E-state index contributed by atoms with van der Waals surface area (Å²) in [4.78, 5) is 15.4. The van der Waals surface area contributed by atoms with Crippen LogP contribution in [0.25, 0.3) is 0 Å². The lowest BCUT2D eigenvalue weighted by atomic mass is 10.0. The van der Waals surface area contributed by atoms with E-state index < -0.39 is 0 Å². The average Bonchev–Trinajstić information content (AvgIpc) is 2.20. The molecule has 0 saturated heterocycles. The predicted molar refractivity (Wildman–Crippen MR) is 64.6 cm³/mol. The molecule has 0 spiro atoms. The number of anilines is 1. The van der Waals surface area contributed by atoms with E-state index in [1.807, 2.05) is 0 Å². The van der Waals surface area contributed by atoms with Gasteiger partial charge >= 0.3 is 0 Å². The van der Waals surface area contributed by atoms with Crippen molar-refractivity contribution in [2.24, 2.45) is 11.7 Å². The third-order valence-corrected chi connectivity index (χ3v) is 2.23. The zero-order valence-electron chi connectivity index (χ0n) is 9.18. The Labute approximate surface area is 100 Å². The first-order chi connectivity index (χ1) is 7.02. The molecule has 1 rings (SSSR count). The third kappa shape index (κ3) is 3.67. The van der Waals surface area contributed by atoms with Crippen LogP contribution < -0.4 is 11.1 Å². The summed E-state index contributed by atoms with van der Waals surface area (Å²) in [5, 5.41) is 11.9. The number of hydrogen-bond acceptors (Lipinski definition) is 4. The van der Waals surface area contributed by atoms with Crippen LogP contribution in [-0.4, -0.2) is 22.0 Å². The fourth-order valence-corrected chi connectivity index (χ4v) is 0.962. The minimum atomic E-state index is -0.327. The first-order valence-electron chi connectivity index (χ1n) is 4.72. The molecule has 0 saturated carbocycles. The highest BCUT2D eigenvalue weighted by atomic mass is 35.5. The van der Waals surface area contributed by atoms with E-state index >= 15 is 0 Å². The van der Waals surface area contributed by atoms with Gasteiger partial charge in [0.15, 0.2) is 11.6 Å². The number of pyridine rings is 1. The van der Waals surface area contributed by atoms with Crippen molar-refractivity contribution in [3.05, 3.63) is 18.3 Å². The average molecular weight is 246 g/mol. The van der Waals surface area contributed by atoms with Gasteiger partial charge in [-0.1, -0.05) is 6.92 Å². The highest BCUT2D eigenvalue weighted by Crippen LogP contribution is 2.19. The van der Waals surface area contributed by atoms with E-state index in [0.717, 1.165) is 0 Å². The maximum atomic E-state index is 11.6. The van der Waals surface area contributed by atoms with E-state index in [0.29, 0.717) is 0 Å². The molecule has 90 valence electrons. The van der Waals surface area contributed by atoms with Crippen molar-refractivity contribution < 1.29 is 9.90 Å². The van der Waals surface area contributed by atoms with Gasteiger partial charge in [0.05, 0.1) is 5.92 Å². The molecule has 4 N–H and O–H groups in total. The number of amides is 1. The van der Waals surface area contributed by atoms with Crippen LogP contribution in [0, 0.1) is 5.92 Å². The maximum absolute atomic E-state index is 11.6. The molecule has 2 unspecified atom stereocenters. The van der Waals surface area contributed by atoms with Crippen molar-refractivity contribution in [3.8, 4) is 5.75 Å². The van der Waals surface area contributed by atoms with Crippen molar-refractivity contribution in [3.63, 3.8) is 0 Å². The quantitative estimate of drug-likeness (QED) is 0.745. The summed E-state index contributed by atoms with van der Waals surface area (Å²) in [6.07, 6.45) is 1.49. The molecule has 1 amide bonds. The molecule has 0 aromatic carbocycles. The van der Waals surface area contributed by atoms with E-state index in [-0.39, 0.29) is 41.8 Å². The number of rotatable bonds is 3. The number of nitrogens with zero attached hydrogens (tertiary/aromatic N) is 1. The first kappa shape index (κ1) is 14.7. The molecule has 16 heavy (non-hydrogen) atoms. The normalized spacial score (nSPS) is 13.4. The highest BCUT2D eigenvalue weighted by Gasteiger charge is 2.18. The largest absolute Gasteiger partial charge is 0.504 e. The van der Waals surface area contributed by atoms with Crippen LogP contribution in [0.4, 0.5) is 5.82 Å². The van der Waals surface area contributed by atoms with Crippen molar-refractivity contribution in [1.29, 1.82) is 0 Å². The van der Waals surface area contributed by atoms with Crippen LogP contribution >= 0.6 is 12.4 Å². The van der Waals surface area contributed by atoms with Crippen LogP contribution in [0.5, 0.6) is 5.75 Å². The van der Waals surface area contributed by atoms with Gasteiger partial charge in [0.25, 0.3) is 0 Å². The number of nitrogens with two attached hydrogens (primary N) is 1. The van der Waals surface area contributed by atoms with Crippen molar-refractivity contribution in [2.75, 3.05) is 5.32 Å². The number of hydrogen-bond donors (Lipinski definition) is 3. The van der Waals surface area contributed by atoms with Crippen LogP contribution in [0.1, 0.15) is 13.8 Å². The summed E-state index contributed by atoms with van der Waals surface area (Å²) >= 11 is 0. The van der Waals surface area contributed by atoms with Gasteiger partial charge < -0.3 is 16.2 Å². The lowest BCUT2D eigenvalue weighted by Crippen LogP contribution is -2.34. The van der Waals surface area contributed by atoms with Crippen molar-refractivity contribution in [1.82, 2.24) is 4.98 Å². The van der Waals surface area contributed by atoms with E-state index in [1.165, 1.54) is 12.3 Å². The Balaban J connectivity index is 0.00000225. The number of halogens is 1. The molecule has 0 aliphatic heterocycles. The lowest BCUT2D eigenvalue weighted by Gasteiger charge is -2.15. The Kier molecular flexibility index (Phi) is 5.77. The zero-order chi connectivity index (χ0) is 11.4. The minimum Gasteiger partial charge on any atom is -0.504 e. The summed E-state index contributed by atoms with van der Waals surface area (Å²) < 4.78 is 0. The Morgan fingerprint density at radius 1 is 1.56 bits per heavy atom. The van der Waals surface area contributed by atoms with E-state index in [4.69, 9.17) is 5.73 Å². The van der Waals surface area contributed by atoms with Gasteiger partial charge in [0.1, 0.15) is 0 Å². The summed E-state index contributed by atoms with van der Waals surface area (Å²) in [6, 6.07) is 2.80. The van der Waals surface area contributed by atoms with Crippen molar-refractivity contribution in [2.45, 2.75) is 19.9 Å². The monoisotopic (exact) mass is 245 g/mol. The maximum Gasteiger partial charge on any atom is 0.230 e. The SMILES string of the molecule is CC(N)C(C)C(=O)Nc1ncccc1O.Cl. The molecule has 1 aromatic heterocycles. The standard InChI is InChI=1S/C10H15N3O2.ClH/c1-6(7(2)11)10(15)13-9-8(14)4-3-5-12-9;/h3-7,14H,11H2,1-2H3,(H,12,13,15);1H. The van der Waals surface area contributed by atoms with Gasteiger partial charge in [-0.15, -0.1) is 12.4 Å². The molecule has 0 bridgehead atoms. The number of aromatic nitrogens is 1. The summed E-state index contributed by atoms with van der Waals surface area (Å²) in [5.74, 6) is -0.469. The number of nitrogens with one attached hydrogen (secondary N) is 1. The molecular weight excluding hydrogens is 230 g/mol. The van der Waals surface area contributed by atoms with Gasteiger partial charge in [0, 0.05) is 12.2 Å². The summed E-state index contributed by atoms with van der Waals surface area (Å²) in [7, 11) is 0. The summed E-state index contributed by atoms with van der Waals surface area (Å²) in [5.41, 5.74) is 5.58. The smallest absolute Gasteiger partial charge is 0.230 e. The first-order valence-corrected chi connectivity index (χ1v) is 4.72. The van der Waals surface area contributed by atoms with Gasteiger partial charge in [-0.25, -0.2) is 4.98 Å². The number of carbonyl (C=O) groups excluding carboxylic acids is 1. The predicted octanol–water partition coefficient (Wildman–Crippen LogP) is 1.13. The minimum absolute atomic E-state index is 0. The Bertz CT molecular complexity index is 358. The van der Waals surface area contributed by atoms with Crippen LogP contribution in [0.2, 0.25) is 0 Å². The molecular formula is C10H16ClN3O2. The van der Waals surface area contributed by atoms with E-state index in [1.54, 1.807) is 19.9 Å². The van der Waals surface area contributed by atoms with Gasteiger partial charge in [-0.3, -0.25) is 4.79 Å². The van der Waals surface area contributed by atoms with Crippen LogP contribution in [-0.2, 0) is 4.79 Å². The Hall–Kier alpha value is -1.33. The lowest BCUT2D eigenvalue weighted by molar-refractivity contribution is -0.119. The second-order valence-electron chi connectivity index (χ2n) is 3.51. The van der Waals surface area contributed by atoms with Gasteiger partial charge in [-0.2, -0.15) is 0 Å². The molecule has 2 atom stereocenters. The fraction of sp³-hybridized carbons (Fsp3) is 0.400.